The molecule has 3 N–H and O–H groups in total. The number of rotatable bonds is 4. The summed E-state index contributed by atoms with van der Waals surface area (Å²) in [6.07, 6.45) is 2.86. The van der Waals surface area contributed by atoms with Gasteiger partial charge in [-0.1, -0.05) is 6.92 Å². The lowest BCUT2D eigenvalue weighted by atomic mass is 10.4. The summed E-state index contributed by atoms with van der Waals surface area (Å²) in [6, 6.07) is 0. The van der Waals surface area contributed by atoms with Crippen LogP contribution in [0.25, 0.3) is 0 Å². The van der Waals surface area contributed by atoms with E-state index in [0.717, 1.165) is 11.4 Å². The molecule has 0 fully saturated rings. The molecular formula is C9H11ClN6S. The van der Waals surface area contributed by atoms with Gasteiger partial charge in [-0.05, 0) is 18.0 Å². The zero-order valence-corrected chi connectivity index (χ0v) is 10.7. The van der Waals surface area contributed by atoms with Gasteiger partial charge in [-0.15, -0.1) is 11.3 Å². The molecule has 0 aromatic carbocycles. The predicted molar refractivity (Wildman–Crippen MR) is 68.1 cm³/mol. The fourth-order valence-electron chi connectivity index (χ4n) is 1.19. The maximum absolute atomic E-state index is 5.66. The lowest BCUT2D eigenvalue weighted by Crippen LogP contribution is -2.06. The van der Waals surface area contributed by atoms with Gasteiger partial charge in [0, 0.05) is 11.1 Å². The summed E-state index contributed by atoms with van der Waals surface area (Å²) < 4.78 is 0. The first-order valence-corrected chi connectivity index (χ1v) is 6.21. The lowest BCUT2D eigenvalue weighted by molar-refractivity contribution is 1.00. The Morgan fingerprint density at radius 1 is 1.41 bits per heavy atom. The van der Waals surface area contributed by atoms with Gasteiger partial charge in [0.25, 0.3) is 0 Å². The van der Waals surface area contributed by atoms with E-state index in [2.05, 4.69) is 32.2 Å². The van der Waals surface area contributed by atoms with Crippen LogP contribution in [-0.4, -0.2) is 19.9 Å². The Labute approximate surface area is 107 Å². The average Bonchev–Trinajstić information content (AvgIpc) is 2.73. The minimum absolute atomic E-state index is 0.0772. The van der Waals surface area contributed by atoms with Gasteiger partial charge >= 0.3 is 0 Å². The zero-order valence-electron chi connectivity index (χ0n) is 9.14. The van der Waals surface area contributed by atoms with Crippen LogP contribution in [0.2, 0.25) is 5.28 Å². The average molecular weight is 271 g/mol. The minimum atomic E-state index is 0.0772. The molecule has 0 amide bonds. The van der Waals surface area contributed by atoms with E-state index in [1.807, 2.05) is 6.20 Å². The fourth-order valence-corrected chi connectivity index (χ4v) is 2.16. The highest BCUT2D eigenvalue weighted by atomic mass is 35.5. The number of nitrogens with one attached hydrogen (secondary N) is 1. The normalized spacial score (nSPS) is 10.5. The van der Waals surface area contributed by atoms with Crippen molar-refractivity contribution in [3.63, 3.8) is 0 Å². The van der Waals surface area contributed by atoms with Crippen LogP contribution >= 0.6 is 22.9 Å². The number of nitrogen functional groups attached to an aromatic ring is 1. The molecule has 6 nitrogen and oxygen atoms in total. The Bertz CT molecular complexity index is 494. The standard InChI is InChI=1S/C9H11ClN6S/c1-2-5-3-12-6(17-5)4-13-9-15-7(10)14-8(11)16-9/h3H,2,4H2,1H3,(H3,11,13,14,15,16). The Morgan fingerprint density at radius 2 is 2.24 bits per heavy atom. The number of aromatic nitrogens is 4. The van der Waals surface area contributed by atoms with Crippen molar-refractivity contribution in [2.75, 3.05) is 11.1 Å². The van der Waals surface area contributed by atoms with Gasteiger partial charge in [-0.25, -0.2) is 4.98 Å². The van der Waals surface area contributed by atoms with E-state index in [1.165, 1.54) is 4.88 Å². The number of nitrogens with zero attached hydrogens (tertiary/aromatic N) is 4. The van der Waals surface area contributed by atoms with Crippen LogP contribution < -0.4 is 11.1 Å². The topological polar surface area (TPSA) is 89.6 Å². The van der Waals surface area contributed by atoms with Crippen LogP contribution in [0.5, 0.6) is 0 Å². The molecule has 0 spiro atoms. The van der Waals surface area contributed by atoms with Crippen molar-refractivity contribution in [1.29, 1.82) is 0 Å². The highest BCUT2D eigenvalue weighted by Gasteiger charge is 2.04. The lowest BCUT2D eigenvalue weighted by Gasteiger charge is -2.02. The molecule has 2 aromatic heterocycles. The predicted octanol–water partition coefficient (Wildman–Crippen LogP) is 1.74. The highest BCUT2D eigenvalue weighted by molar-refractivity contribution is 7.11. The summed E-state index contributed by atoms with van der Waals surface area (Å²) in [7, 11) is 0. The molecular weight excluding hydrogens is 260 g/mol. The number of halogens is 1. The molecule has 2 heterocycles. The highest BCUT2D eigenvalue weighted by Crippen LogP contribution is 2.15. The second-order valence-corrected chi connectivity index (χ2v) is 4.75. The molecule has 0 radical (unpaired) electrons. The molecule has 0 aliphatic heterocycles. The summed E-state index contributed by atoms with van der Waals surface area (Å²) in [5.41, 5.74) is 5.45. The van der Waals surface area contributed by atoms with E-state index in [-0.39, 0.29) is 11.2 Å². The van der Waals surface area contributed by atoms with Crippen molar-refractivity contribution in [2.24, 2.45) is 0 Å². The fraction of sp³-hybridized carbons (Fsp3) is 0.333. The van der Waals surface area contributed by atoms with E-state index in [4.69, 9.17) is 17.3 Å². The Hall–Kier alpha value is -1.47. The van der Waals surface area contributed by atoms with Gasteiger partial charge in [0.2, 0.25) is 17.2 Å². The minimum Gasteiger partial charge on any atom is -0.368 e. The Kier molecular flexibility index (Phi) is 3.70. The molecule has 90 valence electrons. The van der Waals surface area contributed by atoms with Gasteiger partial charge in [0.15, 0.2) is 0 Å². The second-order valence-electron chi connectivity index (χ2n) is 3.21. The summed E-state index contributed by atoms with van der Waals surface area (Å²) in [4.78, 5) is 17.0. The molecule has 0 bridgehead atoms. The number of hydrogen-bond acceptors (Lipinski definition) is 7. The van der Waals surface area contributed by atoms with Gasteiger partial charge < -0.3 is 11.1 Å². The summed E-state index contributed by atoms with van der Waals surface area (Å²) in [5.74, 6) is 0.455. The monoisotopic (exact) mass is 270 g/mol. The third kappa shape index (κ3) is 3.24. The van der Waals surface area contributed by atoms with E-state index in [0.29, 0.717) is 12.5 Å². The van der Waals surface area contributed by atoms with Crippen molar-refractivity contribution in [1.82, 2.24) is 19.9 Å². The van der Waals surface area contributed by atoms with Crippen LogP contribution in [0.1, 0.15) is 16.8 Å². The smallest absolute Gasteiger partial charge is 0.229 e. The molecule has 0 saturated heterocycles. The first-order valence-electron chi connectivity index (χ1n) is 5.02. The zero-order chi connectivity index (χ0) is 12.3. The molecule has 0 atom stereocenters. The van der Waals surface area contributed by atoms with Gasteiger partial charge in [-0.3, -0.25) is 0 Å². The Morgan fingerprint density at radius 3 is 2.88 bits per heavy atom. The van der Waals surface area contributed by atoms with E-state index in [9.17, 15) is 0 Å². The van der Waals surface area contributed by atoms with Crippen LogP contribution in [0.3, 0.4) is 0 Å². The number of thiazole rings is 1. The molecule has 2 rings (SSSR count). The van der Waals surface area contributed by atoms with Crippen molar-refractivity contribution in [3.8, 4) is 0 Å². The molecule has 8 heteroatoms. The van der Waals surface area contributed by atoms with Gasteiger partial charge in [0.1, 0.15) is 5.01 Å². The van der Waals surface area contributed by atoms with Gasteiger partial charge in [-0.2, -0.15) is 15.0 Å². The largest absolute Gasteiger partial charge is 0.368 e. The molecule has 0 unspecified atom stereocenters. The van der Waals surface area contributed by atoms with Crippen molar-refractivity contribution in [2.45, 2.75) is 19.9 Å². The first kappa shape index (κ1) is 12.0. The van der Waals surface area contributed by atoms with Crippen LogP contribution in [0.4, 0.5) is 11.9 Å². The SMILES string of the molecule is CCc1cnc(CNc2nc(N)nc(Cl)n2)s1. The molecule has 2 aromatic rings. The van der Waals surface area contributed by atoms with E-state index in [1.54, 1.807) is 11.3 Å². The van der Waals surface area contributed by atoms with Crippen LogP contribution in [0.15, 0.2) is 6.20 Å². The second kappa shape index (κ2) is 5.24. The maximum atomic E-state index is 5.66. The van der Waals surface area contributed by atoms with Crippen LogP contribution in [0, 0.1) is 0 Å². The van der Waals surface area contributed by atoms with E-state index >= 15 is 0 Å². The quantitative estimate of drug-likeness (QED) is 0.880. The number of anilines is 2. The summed E-state index contributed by atoms with van der Waals surface area (Å²) in [5, 5.41) is 4.05. The molecule has 0 saturated carbocycles. The van der Waals surface area contributed by atoms with Crippen molar-refractivity contribution < 1.29 is 0 Å². The third-order valence-corrected chi connectivity index (χ3v) is 3.28. The summed E-state index contributed by atoms with van der Waals surface area (Å²) >= 11 is 7.31. The van der Waals surface area contributed by atoms with Crippen molar-refractivity contribution >= 4 is 34.8 Å². The maximum Gasteiger partial charge on any atom is 0.229 e. The molecule has 0 aliphatic carbocycles. The summed E-state index contributed by atoms with van der Waals surface area (Å²) in [6.45, 7) is 2.64. The van der Waals surface area contributed by atoms with Crippen LogP contribution in [-0.2, 0) is 13.0 Å². The molecule has 0 aliphatic rings. The van der Waals surface area contributed by atoms with Gasteiger partial charge in [0.05, 0.1) is 6.54 Å². The Balaban J connectivity index is 2.01. The first-order chi connectivity index (χ1) is 8.17. The van der Waals surface area contributed by atoms with Crippen molar-refractivity contribution in [3.05, 3.63) is 21.4 Å². The number of nitrogens with two attached hydrogens (primary N) is 1. The molecule has 17 heavy (non-hydrogen) atoms. The third-order valence-electron chi connectivity index (χ3n) is 1.97. The number of hydrogen-bond donors (Lipinski definition) is 2. The van der Waals surface area contributed by atoms with E-state index < -0.39 is 0 Å². The number of aryl methyl sites for hydroxylation is 1.